The minimum absolute atomic E-state index is 0.167. The zero-order valence-electron chi connectivity index (χ0n) is 11.8. The molecule has 104 valence electrons. The molecule has 2 rings (SSSR count). The number of benzene rings is 1. The quantitative estimate of drug-likeness (QED) is 0.908. The van der Waals surface area contributed by atoms with Crippen LogP contribution < -0.4 is 5.73 Å². The highest BCUT2D eigenvalue weighted by Gasteiger charge is 2.20. The molecule has 0 radical (unpaired) electrons. The highest BCUT2D eigenvalue weighted by molar-refractivity contribution is 5.94. The Hall–Kier alpha value is -1.35. The number of amides is 1. The minimum atomic E-state index is 0.167. The lowest BCUT2D eigenvalue weighted by atomic mass is 9.98. The van der Waals surface area contributed by atoms with Crippen molar-refractivity contribution in [3.63, 3.8) is 0 Å². The molecule has 1 saturated heterocycles. The fourth-order valence-corrected chi connectivity index (χ4v) is 2.74. The number of carbonyl (C=O) groups is 1. The van der Waals surface area contributed by atoms with Crippen molar-refractivity contribution in [2.45, 2.75) is 39.2 Å². The molecule has 0 aliphatic carbocycles. The number of hydrogen-bond donors (Lipinski definition) is 1. The van der Waals surface area contributed by atoms with E-state index in [4.69, 9.17) is 5.73 Å². The molecule has 0 saturated carbocycles. The van der Waals surface area contributed by atoms with Crippen molar-refractivity contribution in [3.8, 4) is 0 Å². The van der Waals surface area contributed by atoms with Crippen molar-refractivity contribution >= 4 is 5.91 Å². The summed E-state index contributed by atoms with van der Waals surface area (Å²) in [5.41, 5.74) is 7.43. The van der Waals surface area contributed by atoms with E-state index in [9.17, 15) is 4.79 Å². The lowest BCUT2D eigenvalue weighted by molar-refractivity contribution is 0.0760. The first-order valence-corrected chi connectivity index (χ1v) is 7.33. The van der Waals surface area contributed by atoms with Crippen LogP contribution in [0.25, 0.3) is 0 Å². The van der Waals surface area contributed by atoms with E-state index in [2.05, 4.69) is 6.92 Å². The van der Waals surface area contributed by atoms with Gasteiger partial charge >= 0.3 is 0 Å². The van der Waals surface area contributed by atoms with Gasteiger partial charge in [0.2, 0.25) is 0 Å². The molecule has 3 nitrogen and oxygen atoms in total. The monoisotopic (exact) mass is 260 g/mol. The van der Waals surface area contributed by atoms with Crippen molar-refractivity contribution in [1.29, 1.82) is 0 Å². The molecule has 1 amide bonds. The summed E-state index contributed by atoms with van der Waals surface area (Å²) in [6, 6.07) is 7.68. The fraction of sp³-hybridized carbons (Fsp3) is 0.562. The van der Waals surface area contributed by atoms with Crippen LogP contribution in [0.4, 0.5) is 0 Å². The predicted molar refractivity (Wildman–Crippen MR) is 77.9 cm³/mol. The molecular weight excluding hydrogens is 236 g/mol. The third kappa shape index (κ3) is 3.57. The first-order chi connectivity index (χ1) is 9.24. The van der Waals surface area contributed by atoms with E-state index in [-0.39, 0.29) is 5.91 Å². The van der Waals surface area contributed by atoms with E-state index >= 15 is 0 Å². The van der Waals surface area contributed by atoms with Crippen molar-refractivity contribution in [1.82, 2.24) is 4.90 Å². The standard InChI is InChI=1S/C16H24N2O/c1-2-13-4-3-10-18(11-9-13)16(19)15-7-5-14(12-17)6-8-15/h5-8,13H,2-4,9-12,17H2,1H3. The number of likely N-dealkylation sites (tertiary alicyclic amines) is 1. The van der Waals surface area contributed by atoms with Gasteiger partial charge < -0.3 is 10.6 Å². The van der Waals surface area contributed by atoms with Gasteiger partial charge in [-0.3, -0.25) is 4.79 Å². The molecule has 0 aromatic heterocycles. The second-order valence-corrected chi connectivity index (χ2v) is 5.40. The molecule has 2 N–H and O–H groups in total. The van der Waals surface area contributed by atoms with Gasteiger partial charge in [-0.25, -0.2) is 0 Å². The average molecular weight is 260 g/mol. The summed E-state index contributed by atoms with van der Waals surface area (Å²) in [6.45, 7) is 4.56. The van der Waals surface area contributed by atoms with Gasteiger partial charge in [0.15, 0.2) is 0 Å². The van der Waals surface area contributed by atoms with Gasteiger partial charge in [-0.05, 0) is 42.9 Å². The Balaban J connectivity index is 2.01. The molecule has 19 heavy (non-hydrogen) atoms. The lowest BCUT2D eigenvalue weighted by Gasteiger charge is -2.20. The van der Waals surface area contributed by atoms with Gasteiger partial charge in [-0.2, -0.15) is 0 Å². The van der Waals surface area contributed by atoms with Gasteiger partial charge in [0.05, 0.1) is 0 Å². The number of rotatable bonds is 3. The summed E-state index contributed by atoms with van der Waals surface area (Å²) >= 11 is 0. The highest BCUT2D eigenvalue weighted by atomic mass is 16.2. The molecular formula is C16H24N2O. The molecule has 0 spiro atoms. The maximum atomic E-state index is 12.4. The molecule has 1 atom stereocenters. The van der Waals surface area contributed by atoms with E-state index in [1.165, 1.54) is 12.8 Å². The Labute approximate surface area is 115 Å². The number of carbonyl (C=O) groups excluding carboxylic acids is 1. The summed E-state index contributed by atoms with van der Waals surface area (Å²) in [5, 5.41) is 0. The van der Waals surface area contributed by atoms with E-state index < -0.39 is 0 Å². The highest BCUT2D eigenvalue weighted by Crippen LogP contribution is 2.21. The van der Waals surface area contributed by atoms with Crippen LogP contribution in [-0.2, 0) is 6.54 Å². The molecule has 1 heterocycles. The van der Waals surface area contributed by atoms with Crippen LogP contribution in [0, 0.1) is 5.92 Å². The number of nitrogens with two attached hydrogens (primary N) is 1. The second-order valence-electron chi connectivity index (χ2n) is 5.40. The SMILES string of the molecule is CCC1CCCN(C(=O)c2ccc(CN)cc2)CC1. The van der Waals surface area contributed by atoms with Crippen LogP contribution in [0.1, 0.15) is 48.5 Å². The summed E-state index contributed by atoms with van der Waals surface area (Å²) in [5.74, 6) is 0.956. The van der Waals surface area contributed by atoms with E-state index in [0.29, 0.717) is 6.54 Å². The zero-order valence-corrected chi connectivity index (χ0v) is 11.8. The van der Waals surface area contributed by atoms with Crippen molar-refractivity contribution in [2.75, 3.05) is 13.1 Å². The summed E-state index contributed by atoms with van der Waals surface area (Å²) in [4.78, 5) is 14.4. The summed E-state index contributed by atoms with van der Waals surface area (Å²) in [6.07, 6.45) is 4.76. The molecule has 1 aliphatic rings. The van der Waals surface area contributed by atoms with Gasteiger partial charge in [0, 0.05) is 25.2 Å². The lowest BCUT2D eigenvalue weighted by Crippen LogP contribution is -2.32. The first-order valence-electron chi connectivity index (χ1n) is 7.33. The van der Waals surface area contributed by atoms with Gasteiger partial charge in [-0.1, -0.05) is 25.5 Å². The maximum absolute atomic E-state index is 12.4. The summed E-state index contributed by atoms with van der Waals surface area (Å²) in [7, 11) is 0. The topological polar surface area (TPSA) is 46.3 Å². The van der Waals surface area contributed by atoms with Gasteiger partial charge in [-0.15, -0.1) is 0 Å². The maximum Gasteiger partial charge on any atom is 0.253 e. The van der Waals surface area contributed by atoms with E-state index in [1.807, 2.05) is 29.2 Å². The van der Waals surface area contributed by atoms with Crippen LogP contribution in [0.5, 0.6) is 0 Å². The minimum Gasteiger partial charge on any atom is -0.339 e. The number of nitrogens with zero attached hydrogens (tertiary/aromatic N) is 1. The smallest absolute Gasteiger partial charge is 0.253 e. The Morgan fingerprint density at radius 3 is 2.63 bits per heavy atom. The van der Waals surface area contributed by atoms with Gasteiger partial charge in [0.1, 0.15) is 0 Å². The molecule has 0 bridgehead atoms. The Morgan fingerprint density at radius 1 is 1.26 bits per heavy atom. The zero-order chi connectivity index (χ0) is 13.7. The molecule has 1 fully saturated rings. The van der Waals surface area contributed by atoms with Crippen molar-refractivity contribution in [3.05, 3.63) is 35.4 Å². The molecule has 1 aliphatic heterocycles. The molecule has 1 aromatic rings. The number of hydrogen-bond acceptors (Lipinski definition) is 2. The third-order valence-electron chi connectivity index (χ3n) is 4.15. The van der Waals surface area contributed by atoms with E-state index in [1.54, 1.807) is 0 Å². The fourth-order valence-electron chi connectivity index (χ4n) is 2.74. The summed E-state index contributed by atoms with van der Waals surface area (Å²) < 4.78 is 0. The van der Waals surface area contributed by atoms with Crippen molar-refractivity contribution in [2.24, 2.45) is 11.7 Å². The second kappa shape index (κ2) is 6.71. The normalized spacial score (nSPS) is 20.1. The van der Waals surface area contributed by atoms with Crippen molar-refractivity contribution < 1.29 is 4.79 Å². The van der Waals surface area contributed by atoms with Crippen LogP contribution >= 0.6 is 0 Å². The average Bonchev–Trinajstić information content (AvgIpc) is 2.72. The Kier molecular flexibility index (Phi) is 4.97. The molecule has 1 aromatic carbocycles. The first kappa shape index (κ1) is 14.1. The Bertz CT molecular complexity index is 413. The molecule has 3 heteroatoms. The third-order valence-corrected chi connectivity index (χ3v) is 4.15. The molecule has 1 unspecified atom stereocenters. The predicted octanol–water partition coefficient (Wildman–Crippen LogP) is 2.80. The van der Waals surface area contributed by atoms with Crippen LogP contribution in [-0.4, -0.2) is 23.9 Å². The largest absolute Gasteiger partial charge is 0.339 e. The van der Waals surface area contributed by atoms with E-state index in [0.717, 1.165) is 43.0 Å². The van der Waals surface area contributed by atoms with Gasteiger partial charge in [0.25, 0.3) is 5.91 Å². The van der Waals surface area contributed by atoms with Crippen LogP contribution in [0.3, 0.4) is 0 Å². The van der Waals surface area contributed by atoms with Crippen LogP contribution in [0.15, 0.2) is 24.3 Å². The van der Waals surface area contributed by atoms with Crippen LogP contribution in [0.2, 0.25) is 0 Å². The Morgan fingerprint density at radius 2 is 2.00 bits per heavy atom.